The predicted octanol–water partition coefficient (Wildman–Crippen LogP) is 4.73. The van der Waals surface area contributed by atoms with E-state index in [4.69, 9.17) is 0 Å². The van der Waals surface area contributed by atoms with E-state index in [9.17, 15) is 0 Å². The van der Waals surface area contributed by atoms with E-state index in [1.165, 1.54) is 30.4 Å². The van der Waals surface area contributed by atoms with Gasteiger partial charge in [-0.2, -0.15) is 0 Å². The summed E-state index contributed by atoms with van der Waals surface area (Å²) in [6.07, 6.45) is 8.53. The molecule has 13 heavy (non-hydrogen) atoms. The highest BCUT2D eigenvalue weighted by molar-refractivity contribution is 5.30. The van der Waals surface area contributed by atoms with Gasteiger partial charge in [0.1, 0.15) is 0 Å². The van der Waals surface area contributed by atoms with Gasteiger partial charge in [0.15, 0.2) is 0 Å². The zero-order chi connectivity index (χ0) is 10.3. The summed E-state index contributed by atoms with van der Waals surface area (Å²) in [6, 6.07) is 0. The van der Waals surface area contributed by atoms with E-state index in [-0.39, 0.29) is 0 Å². The summed E-state index contributed by atoms with van der Waals surface area (Å²) < 4.78 is 0. The maximum absolute atomic E-state index is 2.34. The average Bonchev–Trinajstić information content (AvgIpc) is 2.12. The van der Waals surface area contributed by atoms with Gasteiger partial charge >= 0.3 is 0 Å². The Kier molecular flexibility index (Phi) is 6.66. The molecule has 0 heteroatoms. The summed E-state index contributed by atoms with van der Waals surface area (Å²) >= 11 is 0. The molecule has 76 valence electrons. The first-order chi connectivity index (χ1) is 6.11. The van der Waals surface area contributed by atoms with Crippen LogP contribution in [0, 0.1) is 5.92 Å². The zero-order valence-electron chi connectivity index (χ0n) is 9.85. The molecule has 1 rings (SSSR count). The number of hydrogen-bond donors (Lipinski definition) is 0. The van der Waals surface area contributed by atoms with Gasteiger partial charge in [0.05, 0.1) is 0 Å². The van der Waals surface area contributed by atoms with Crippen LogP contribution in [-0.4, -0.2) is 0 Å². The van der Waals surface area contributed by atoms with Crippen LogP contribution in [0.3, 0.4) is 0 Å². The molecule has 0 heterocycles. The molecule has 0 amide bonds. The third kappa shape index (κ3) is 5.68. The Morgan fingerprint density at radius 3 is 2.00 bits per heavy atom. The summed E-state index contributed by atoms with van der Waals surface area (Å²) in [5, 5.41) is 0. The molecule has 1 aliphatic rings. The fourth-order valence-corrected chi connectivity index (χ4v) is 1.15. The van der Waals surface area contributed by atoms with E-state index in [1.807, 2.05) is 0 Å². The van der Waals surface area contributed by atoms with E-state index >= 15 is 0 Å². The van der Waals surface area contributed by atoms with Gasteiger partial charge in [0.25, 0.3) is 0 Å². The van der Waals surface area contributed by atoms with Crippen molar-refractivity contribution in [1.29, 1.82) is 0 Å². The van der Waals surface area contributed by atoms with Crippen molar-refractivity contribution in [3.63, 3.8) is 0 Å². The topological polar surface area (TPSA) is 0 Å². The minimum Gasteiger partial charge on any atom is -0.0808 e. The summed E-state index contributed by atoms with van der Waals surface area (Å²) in [5.74, 6) is 0.758. The first-order valence-corrected chi connectivity index (χ1v) is 5.47. The smallest absolute Gasteiger partial charge is 0.0221 e. The second-order valence-electron chi connectivity index (χ2n) is 3.95. The SMILES string of the molecule is CC1=CCC(C)C=C1C.CCCC. The van der Waals surface area contributed by atoms with Crippen LogP contribution in [0.1, 0.15) is 53.9 Å². The number of allylic oxidation sites excluding steroid dienone is 4. The van der Waals surface area contributed by atoms with Gasteiger partial charge < -0.3 is 0 Å². The fraction of sp³-hybridized carbons (Fsp3) is 0.692. The molecule has 0 spiro atoms. The van der Waals surface area contributed by atoms with Gasteiger partial charge in [-0.3, -0.25) is 0 Å². The van der Waals surface area contributed by atoms with Crippen LogP contribution in [0.4, 0.5) is 0 Å². The lowest BCUT2D eigenvalue weighted by atomic mass is 9.94. The van der Waals surface area contributed by atoms with E-state index < -0.39 is 0 Å². The van der Waals surface area contributed by atoms with Crippen LogP contribution in [0.25, 0.3) is 0 Å². The summed E-state index contributed by atoms with van der Waals surface area (Å²) in [6.45, 7) is 11.0. The number of hydrogen-bond acceptors (Lipinski definition) is 0. The molecule has 0 saturated heterocycles. The van der Waals surface area contributed by atoms with Crippen molar-refractivity contribution in [2.45, 2.75) is 53.9 Å². The molecule has 0 saturated carbocycles. The van der Waals surface area contributed by atoms with Gasteiger partial charge in [0, 0.05) is 0 Å². The van der Waals surface area contributed by atoms with Crippen molar-refractivity contribution in [3.8, 4) is 0 Å². The molecule has 0 N–H and O–H groups in total. The van der Waals surface area contributed by atoms with Crippen molar-refractivity contribution in [2.24, 2.45) is 5.92 Å². The summed E-state index contributed by atoms with van der Waals surface area (Å²) in [4.78, 5) is 0. The van der Waals surface area contributed by atoms with Gasteiger partial charge in [-0.25, -0.2) is 0 Å². The Morgan fingerprint density at radius 1 is 1.15 bits per heavy atom. The second kappa shape index (κ2) is 6.94. The lowest BCUT2D eigenvalue weighted by Crippen LogP contribution is -1.96. The first-order valence-electron chi connectivity index (χ1n) is 5.47. The number of unbranched alkanes of at least 4 members (excludes halogenated alkanes) is 1. The van der Waals surface area contributed by atoms with Crippen molar-refractivity contribution in [2.75, 3.05) is 0 Å². The Hall–Kier alpha value is -0.520. The molecular weight excluding hydrogens is 156 g/mol. The van der Waals surface area contributed by atoms with Crippen molar-refractivity contribution in [3.05, 3.63) is 23.3 Å². The van der Waals surface area contributed by atoms with Gasteiger partial charge in [0.2, 0.25) is 0 Å². The molecule has 0 aromatic heterocycles. The van der Waals surface area contributed by atoms with E-state index in [0.717, 1.165) is 5.92 Å². The lowest BCUT2D eigenvalue weighted by molar-refractivity contribution is 0.722. The molecule has 0 fully saturated rings. The quantitative estimate of drug-likeness (QED) is 0.547. The summed E-state index contributed by atoms with van der Waals surface area (Å²) in [7, 11) is 0. The first kappa shape index (κ1) is 12.5. The van der Waals surface area contributed by atoms with E-state index in [0.29, 0.717) is 0 Å². The highest BCUT2D eigenvalue weighted by atomic mass is 14.1. The van der Waals surface area contributed by atoms with Crippen LogP contribution < -0.4 is 0 Å². The van der Waals surface area contributed by atoms with Crippen LogP contribution in [-0.2, 0) is 0 Å². The fourth-order valence-electron chi connectivity index (χ4n) is 1.15. The minimum absolute atomic E-state index is 0.758. The molecule has 0 aliphatic heterocycles. The second-order valence-corrected chi connectivity index (χ2v) is 3.95. The Morgan fingerprint density at radius 2 is 1.69 bits per heavy atom. The Bertz CT molecular complexity index is 182. The molecule has 1 unspecified atom stereocenters. The average molecular weight is 180 g/mol. The number of rotatable bonds is 1. The Balaban J connectivity index is 0.000000310. The van der Waals surface area contributed by atoms with E-state index in [1.54, 1.807) is 0 Å². The van der Waals surface area contributed by atoms with Crippen LogP contribution >= 0.6 is 0 Å². The molecule has 0 nitrogen and oxygen atoms in total. The van der Waals surface area contributed by atoms with Crippen LogP contribution in [0.2, 0.25) is 0 Å². The highest BCUT2D eigenvalue weighted by Crippen LogP contribution is 2.20. The highest BCUT2D eigenvalue weighted by Gasteiger charge is 2.03. The van der Waals surface area contributed by atoms with Crippen LogP contribution in [0.5, 0.6) is 0 Å². The summed E-state index contributed by atoms with van der Waals surface area (Å²) in [5.41, 5.74) is 2.90. The maximum atomic E-state index is 2.34. The minimum atomic E-state index is 0.758. The van der Waals surface area contributed by atoms with Gasteiger partial charge in [-0.15, -0.1) is 0 Å². The monoisotopic (exact) mass is 180 g/mol. The molecule has 0 aromatic rings. The predicted molar refractivity (Wildman–Crippen MR) is 61.9 cm³/mol. The van der Waals surface area contributed by atoms with E-state index in [2.05, 4.69) is 46.8 Å². The third-order valence-electron chi connectivity index (χ3n) is 2.45. The molecule has 0 radical (unpaired) electrons. The molecule has 0 bridgehead atoms. The standard InChI is InChI=1S/C9H14.C4H10/c1-7-4-5-8(2)9(3)6-7;1-3-4-2/h5-7H,4H2,1-3H3;3-4H2,1-2H3. The molecule has 1 atom stereocenters. The van der Waals surface area contributed by atoms with Crippen molar-refractivity contribution < 1.29 is 0 Å². The third-order valence-corrected chi connectivity index (χ3v) is 2.45. The zero-order valence-corrected chi connectivity index (χ0v) is 9.85. The lowest BCUT2D eigenvalue weighted by Gasteiger charge is -2.12. The van der Waals surface area contributed by atoms with Gasteiger partial charge in [-0.05, 0) is 26.2 Å². The van der Waals surface area contributed by atoms with Crippen molar-refractivity contribution >= 4 is 0 Å². The maximum Gasteiger partial charge on any atom is -0.0221 e. The molecule has 1 aliphatic carbocycles. The van der Waals surface area contributed by atoms with Crippen molar-refractivity contribution in [1.82, 2.24) is 0 Å². The molecular formula is C13H24. The normalized spacial score (nSPS) is 21.2. The van der Waals surface area contributed by atoms with Gasteiger partial charge in [-0.1, -0.05) is 56.9 Å². The van der Waals surface area contributed by atoms with Crippen LogP contribution in [0.15, 0.2) is 23.3 Å². The molecule has 0 aromatic carbocycles. The Labute approximate surface area is 83.7 Å². The largest absolute Gasteiger partial charge is 0.0808 e.